The van der Waals surface area contributed by atoms with E-state index < -0.39 is 5.41 Å². The lowest BCUT2D eigenvalue weighted by molar-refractivity contribution is 0.211. The molecule has 0 heterocycles. The maximum atomic E-state index is 13.6. The summed E-state index contributed by atoms with van der Waals surface area (Å²) in [5, 5.41) is 9.55. The van der Waals surface area contributed by atoms with Crippen LogP contribution in [0.25, 0.3) is 0 Å². The Bertz CT molecular complexity index is 409. The molecule has 0 atom stereocenters. The van der Waals surface area contributed by atoms with Gasteiger partial charge in [0, 0.05) is 10.6 Å². The van der Waals surface area contributed by atoms with E-state index in [1.807, 2.05) is 0 Å². The molecule has 0 radical (unpaired) electrons. The van der Waals surface area contributed by atoms with Crippen molar-refractivity contribution in [2.75, 3.05) is 0 Å². The molecule has 0 aliphatic heterocycles. The molecule has 1 aromatic carbocycles. The molecule has 1 fully saturated rings. The Hall–Kier alpha value is -1.07. The highest BCUT2D eigenvalue weighted by Crippen LogP contribution is 2.49. The minimum Gasteiger partial charge on any atom is -0.207 e. The Morgan fingerprint density at radius 3 is 2.67 bits per heavy atom. The first-order chi connectivity index (χ1) is 7.09. The molecule has 0 N–H and O–H groups in total. The number of hydrogen-bond acceptors (Lipinski definition) is 1. The smallest absolute Gasteiger partial charge is 0.129 e. The molecule has 3 heteroatoms. The molecule has 78 valence electrons. The van der Waals surface area contributed by atoms with Crippen molar-refractivity contribution in [1.82, 2.24) is 0 Å². The van der Waals surface area contributed by atoms with Gasteiger partial charge in [0.05, 0.1) is 11.5 Å². The van der Waals surface area contributed by atoms with Crippen molar-refractivity contribution in [3.63, 3.8) is 0 Å². The largest absolute Gasteiger partial charge is 0.207 e. The average Bonchev–Trinajstić information content (AvgIpc) is 2.14. The molecule has 0 amide bonds. The van der Waals surface area contributed by atoms with E-state index in [1.54, 1.807) is 12.1 Å². The molecular weight excluding hydrogens is 213 g/mol. The van der Waals surface area contributed by atoms with Crippen molar-refractivity contribution in [3.05, 3.63) is 34.6 Å². The lowest BCUT2D eigenvalue weighted by atomic mass is 9.60. The van der Waals surface area contributed by atoms with Crippen molar-refractivity contribution in [3.8, 4) is 6.07 Å². The predicted octanol–water partition coefficient (Wildman–Crippen LogP) is 3.67. The maximum Gasteiger partial charge on any atom is 0.129 e. The van der Waals surface area contributed by atoms with Crippen LogP contribution in [0.15, 0.2) is 18.2 Å². The van der Waals surface area contributed by atoms with Crippen LogP contribution in [0, 0.1) is 23.1 Å². The van der Waals surface area contributed by atoms with Gasteiger partial charge in [0.25, 0.3) is 0 Å². The second kappa shape index (κ2) is 3.50. The van der Waals surface area contributed by atoms with E-state index in [4.69, 9.17) is 11.6 Å². The molecule has 1 aliphatic rings. The van der Waals surface area contributed by atoms with Gasteiger partial charge >= 0.3 is 0 Å². The summed E-state index contributed by atoms with van der Waals surface area (Å²) < 4.78 is 13.6. The van der Waals surface area contributed by atoms with E-state index in [0.717, 1.165) is 0 Å². The van der Waals surface area contributed by atoms with Crippen molar-refractivity contribution in [2.45, 2.75) is 25.2 Å². The molecule has 0 saturated heterocycles. The van der Waals surface area contributed by atoms with E-state index >= 15 is 0 Å². The fraction of sp³-hybridized carbons (Fsp3) is 0.417. The third-order valence-corrected chi connectivity index (χ3v) is 3.36. The Balaban J connectivity index is 2.50. The van der Waals surface area contributed by atoms with Crippen LogP contribution in [0.3, 0.4) is 0 Å². The minimum absolute atomic E-state index is 0.364. The van der Waals surface area contributed by atoms with Crippen LogP contribution < -0.4 is 0 Å². The third-order valence-electron chi connectivity index (χ3n) is 3.05. The van der Waals surface area contributed by atoms with Gasteiger partial charge in [-0.25, -0.2) is 4.39 Å². The summed E-state index contributed by atoms with van der Waals surface area (Å²) in [4.78, 5) is 0. The van der Waals surface area contributed by atoms with Crippen molar-refractivity contribution in [2.24, 2.45) is 5.92 Å². The van der Waals surface area contributed by atoms with Crippen LogP contribution in [-0.2, 0) is 5.41 Å². The Morgan fingerprint density at radius 2 is 2.20 bits per heavy atom. The fourth-order valence-corrected chi connectivity index (χ4v) is 2.78. The second-order valence-corrected chi connectivity index (χ2v) is 4.71. The second-order valence-electron chi connectivity index (χ2n) is 4.30. The molecular formula is C12H11ClFN. The summed E-state index contributed by atoms with van der Waals surface area (Å²) in [5.41, 5.74) is -0.311. The molecule has 0 spiro atoms. The summed E-state index contributed by atoms with van der Waals surface area (Å²) in [6, 6.07) is 6.79. The summed E-state index contributed by atoms with van der Waals surface area (Å²) in [6.07, 6.45) is 1.40. The molecule has 2 rings (SSSR count). The van der Waals surface area contributed by atoms with E-state index in [-0.39, 0.29) is 5.82 Å². The Morgan fingerprint density at radius 1 is 1.53 bits per heavy atom. The number of hydrogen-bond donors (Lipinski definition) is 0. The summed E-state index contributed by atoms with van der Waals surface area (Å²) in [6.45, 7) is 2.06. The van der Waals surface area contributed by atoms with Crippen LogP contribution in [0.1, 0.15) is 25.3 Å². The van der Waals surface area contributed by atoms with Crippen molar-refractivity contribution in [1.29, 1.82) is 5.26 Å². The van der Waals surface area contributed by atoms with Gasteiger partial charge in [0.1, 0.15) is 5.82 Å². The zero-order valence-corrected chi connectivity index (χ0v) is 9.18. The van der Waals surface area contributed by atoms with E-state index in [1.165, 1.54) is 6.07 Å². The zero-order valence-electron chi connectivity index (χ0n) is 8.43. The highest BCUT2D eigenvalue weighted by atomic mass is 35.5. The molecule has 1 saturated carbocycles. The monoisotopic (exact) mass is 223 g/mol. The lowest BCUT2D eigenvalue weighted by Gasteiger charge is -2.41. The van der Waals surface area contributed by atoms with Gasteiger partial charge in [-0.1, -0.05) is 24.6 Å². The molecule has 1 nitrogen and oxygen atoms in total. The Kier molecular flexibility index (Phi) is 2.44. The predicted molar refractivity (Wildman–Crippen MR) is 57.1 cm³/mol. The van der Waals surface area contributed by atoms with Gasteiger partial charge < -0.3 is 0 Å². The first-order valence-corrected chi connectivity index (χ1v) is 5.32. The van der Waals surface area contributed by atoms with Gasteiger partial charge in [-0.3, -0.25) is 0 Å². The average molecular weight is 224 g/mol. The number of halogens is 2. The van der Waals surface area contributed by atoms with Gasteiger partial charge in [-0.05, 0) is 30.9 Å². The first kappa shape index (κ1) is 10.4. The number of benzene rings is 1. The van der Waals surface area contributed by atoms with Crippen LogP contribution >= 0.6 is 11.6 Å². The normalized spacial score (nSPS) is 29.3. The standard InChI is InChI=1S/C12H11ClFN/c1-8-5-12(6-8,7-15)11-9(13)3-2-4-10(11)14/h2-4,8H,5-6H2,1H3. The van der Waals surface area contributed by atoms with Gasteiger partial charge in [0.15, 0.2) is 0 Å². The van der Waals surface area contributed by atoms with E-state index in [9.17, 15) is 9.65 Å². The lowest BCUT2D eigenvalue weighted by Crippen LogP contribution is -2.39. The molecule has 0 bridgehead atoms. The molecule has 0 unspecified atom stereocenters. The summed E-state index contributed by atoms with van der Waals surface area (Å²) in [7, 11) is 0. The number of nitrogens with zero attached hydrogens (tertiary/aromatic N) is 1. The van der Waals surface area contributed by atoms with Gasteiger partial charge in [-0.2, -0.15) is 5.26 Å². The third kappa shape index (κ3) is 1.52. The topological polar surface area (TPSA) is 23.8 Å². The van der Waals surface area contributed by atoms with E-state index in [2.05, 4.69) is 13.0 Å². The molecule has 0 aromatic heterocycles. The Labute approximate surface area is 93.5 Å². The first-order valence-electron chi connectivity index (χ1n) is 4.95. The minimum atomic E-state index is -0.693. The molecule has 1 aliphatic carbocycles. The van der Waals surface area contributed by atoms with Crippen LogP contribution in [0.4, 0.5) is 4.39 Å². The fourth-order valence-electron chi connectivity index (χ4n) is 2.44. The molecule has 1 aromatic rings. The van der Waals surface area contributed by atoms with E-state index in [0.29, 0.717) is 29.3 Å². The number of rotatable bonds is 1. The van der Waals surface area contributed by atoms with Crippen LogP contribution in [-0.4, -0.2) is 0 Å². The highest BCUT2D eigenvalue weighted by Gasteiger charge is 2.46. The maximum absolute atomic E-state index is 13.6. The molecule has 15 heavy (non-hydrogen) atoms. The summed E-state index contributed by atoms with van der Waals surface area (Å²) >= 11 is 5.96. The quantitative estimate of drug-likeness (QED) is 0.713. The number of nitriles is 1. The van der Waals surface area contributed by atoms with Crippen molar-refractivity contribution >= 4 is 11.6 Å². The SMILES string of the molecule is CC1CC(C#N)(c2c(F)cccc2Cl)C1. The summed E-state index contributed by atoms with van der Waals surface area (Å²) in [5.74, 6) is 0.108. The highest BCUT2D eigenvalue weighted by molar-refractivity contribution is 6.31. The van der Waals surface area contributed by atoms with Gasteiger partial charge in [-0.15, -0.1) is 0 Å². The van der Waals surface area contributed by atoms with Crippen LogP contribution in [0.5, 0.6) is 0 Å². The van der Waals surface area contributed by atoms with Gasteiger partial charge in [0.2, 0.25) is 0 Å². The van der Waals surface area contributed by atoms with Crippen molar-refractivity contribution < 1.29 is 4.39 Å². The van der Waals surface area contributed by atoms with Crippen LogP contribution in [0.2, 0.25) is 5.02 Å². The zero-order chi connectivity index (χ0) is 11.1.